The Labute approximate surface area is 103 Å². The molecule has 4 heteroatoms. The molecule has 17 heavy (non-hydrogen) atoms. The summed E-state index contributed by atoms with van der Waals surface area (Å²) in [7, 11) is 0. The molecule has 0 unspecified atom stereocenters. The molecular formula is C13H22N4. The second kappa shape index (κ2) is 4.77. The summed E-state index contributed by atoms with van der Waals surface area (Å²) in [5.41, 5.74) is 0.148. The summed E-state index contributed by atoms with van der Waals surface area (Å²) in [5, 5.41) is 8.34. The van der Waals surface area contributed by atoms with Crippen LogP contribution >= 0.6 is 0 Å². The Morgan fingerprint density at radius 3 is 2.24 bits per heavy atom. The van der Waals surface area contributed by atoms with Gasteiger partial charge >= 0.3 is 0 Å². The van der Waals surface area contributed by atoms with Crippen molar-refractivity contribution in [3.8, 4) is 0 Å². The Morgan fingerprint density at radius 2 is 1.59 bits per heavy atom. The van der Waals surface area contributed by atoms with E-state index in [-0.39, 0.29) is 5.66 Å². The molecule has 1 aliphatic heterocycles. The van der Waals surface area contributed by atoms with Gasteiger partial charge in [0.05, 0.1) is 6.20 Å². The average Bonchev–Trinajstić information content (AvgIpc) is 2.95. The summed E-state index contributed by atoms with van der Waals surface area (Å²) < 4.78 is 2.14. The third kappa shape index (κ3) is 1.99. The second-order valence-corrected chi connectivity index (χ2v) is 5.44. The Kier molecular flexibility index (Phi) is 3.14. The van der Waals surface area contributed by atoms with Crippen LogP contribution in [0.25, 0.3) is 0 Å². The number of hydrogen-bond acceptors (Lipinski definition) is 3. The maximum Gasteiger partial charge on any atom is 0.116 e. The SMILES string of the molecule is c1cn(C2(N3CCCCC3)CCCCC2)nn1. The molecule has 1 aromatic rings. The molecule has 0 radical (unpaired) electrons. The highest BCUT2D eigenvalue weighted by Crippen LogP contribution is 2.38. The van der Waals surface area contributed by atoms with Crippen molar-refractivity contribution in [2.75, 3.05) is 13.1 Å². The van der Waals surface area contributed by atoms with Gasteiger partial charge in [-0.05, 0) is 38.5 Å². The van der Waals surface area contributed by atoms with Crippen LogP contribution in [0, 0.1) is 0 Å². The number of hydrogen-bond donors (Lipinski definition) is 0. The highest BCUT2D eigenvalue weighted by molar-refractivity contribution is 4.91. The van der Waals surface area contributed by atoms with Crippen LogP contribution in [0.4, 0.5) is 0 Å². The van der Waals surface area contributed by atoms with Gasteiger partial charge in [0.1, 0.15) is 5.66 Å². The molecule has 94 valence electrons. The number of rotatable bonds is 2. The molecule has 1 saturated carbocycles. The van der Waals surface area contributed by atoms with Crippen LogP contribution in [0.1, 0.15) is 51.4 Å². The first-order chi connectivity index (χ1) is 8.42. The monoisotopic (exact) mass is 234 g/mol. The zero-order chi connectivity index (χ0) is 11.6. The Balaban J connectivity index is 1.89. The third-order valence-electron chi connectivity index (χ3n) is 4.45. The van der Waals surface area contributed by atoms with Crippen LogP contribution in [-0.2, 0) is 5.66 Å². The summed E-state index contributed by atoms with van der Waals surface area (Å²) in [5.74, 6) is 0. The van der Waals surface area contributed by atoms with E-state index in [1.54, 1.807) is 0 Å². The van der Waals surface area contributed by atoms with Gasteiger partial charge < -0.3 is 0 Å². The summed E-state index contributed by atoms with van der Waals surface area (Å²) >= 11 is 0. The summed E-state index contributed by atoms with van der Waals surface area (Å²) in [4.78, 5) is 2.67. The summed E-state index contributed by atoms with van der Waals surface area (Å²) in [6.07, 6.45) is 14.5. The summed E-state index contributed by atoms with van der Waals surface area (Å²) in [6, 6.07) is 0. The normalized spacial score (nSPS) is 25.9. The van der Waals surface area contributed by atoms with Crippen LogP contribution in [0.15, 0.2) is 12.4 Å². The fourth-order valence-electron chi connectivity index (χ4n) is 3.55. The van der Waals surface area contributed by atoms with Crippen molar-refractivity contribution in [2.45, 2.75) is 57.0 Å². The highest BCUT2D eigenvalue weighted by Gasteiger charge is 2.40. The van der Waals surface area contributed by atoms with E-state index in [1.807, 2.05) is 6.20 Å². The maximum absolute atomic E-state index is 4.31. The van der Waals surface area contributed by atoms with Gasteiger partial charge in [-0.3, -0.25) is 4.90 Å². The van der Waals surface area contributed by atoms with Gasteiger partial charge in [0.2, 0.25) is 0 Å². The molecule has 0 aromatic carbocycles. The molecule has 4 nitrogen and oxygen atoms in total. The fraction of sp³-hybridized carbons (Fsp3) is 0.846. The number of aromatic nitrogens is 3. The van der Waals surface area contributed by atoms with Gasteiger partial charge in [0, 0.05) is 19.3 Å². The molecule has 3 rings (SSSR count). The highest BCUT2D eigenvalue weighted by atomic mass is 15.5. The van der Waals surface area contributed by atoms with E-state index in [2.05, 4.69) is 26.1 Å². The van der Waals surface area contributed by atoms with Crippen molar-refractivity contribution < 1.29 is 0 Å². The molecule has 2 heterocycles. The van der Waals surface area contributed by atoms with Crippen molar-refractivity contribution in [1.29, 1.82) is 0 Å². The van der Waals surface area contributed by atoms with Gasteiger partial charge in [-0.15, -0.1) is 5.10 Å². The van der Waals surface area contributed by atoms with E-state index in [1.165, 1.54) is 64.5 Å². The quantitative estimate of drug-likeness (QED) is 0.788. The van der Waals surface area contributed by atoms with E-state index in [4.69, 9.17) is 0 Å². The number of nitrogens with zero attached hydrogens (tertiary/aromatic N) is 4. The zero-order valence-electron chi connectivity index (χ0n) is 10.5. The van der Waals surface area contributed by atoms with Crippen molar-refractivity contribution in [2.24, 2.45) is 0 Å². The fourth-order valence-corrected chi connectivity index (χ4v) is 3.55. The molecule has 1 aliphatic carbocycles. The van der Waals surface area contributed by atoms with Gasteiger partial charge in [-0.25, -0.2) is 4.68 Å². The Morgan fingerprint density at radius 1 is 0.882 bits per heavy atom. The van der Waals surface area contributed by atoms with Crippen molar-refractivity contribution in [3.05, 3.63) is 12.4 Å². The van der Waals surface area contributed by atoms with E-state index in [0.29, 0.717) is 0 Å². The molecular weight excluding hydrogens is 212 g/mol. The van der Waals surface area contributed by atoms with Gasteiger partial charge in [-0.2, -0.15) is 0 Å². The van der Waals surface area contributed by atoms with Crippen LogP contribution < -0.4 is 0 Å². The Hall–Kier alpha value is -0.900. The predicted molar refractivity (Wildman–Crippen MR) is 66.5 cm³/mol. The van der Waals surface area contributed by atoms with Crippen molar-refractivity contribution in [3.63, 3.8) is 0 Å². The topological polar surface area (TPSA) is 34.0 Å². The van der Waals surface area contributed by atoms with E-state index < -0.39 is 0 Å². The Bertz CT molecular complexity index is 334. The molecule has 0 spiro atoms. The first-order valence-electron chi connectivity index (χ1n) is 7.04. The largest absolute Gasteiger partial charge is 0.279 e. The lowest BCUT2D eigenvalue weighted by molar-refractivity contribution is -0.0402. The molecule has 2 fully saturated rings. The second-order valence-electron chi connectivity index (χ2n) is 5.44. The number of likely N-dealkylation sites (tertiary alicyclic amines) is 1. The van der Waals surface area contributed by atoms with Crippen LogP contribution in [0.5, 0.6) is 0 Å². The average molecular weight is 234 g/mol. The molecule has 0 atom stereocenters. The standard InChI is InChI=1S/C13H22N4/c1-3-7-13(8-4-1,17-12-9-14-15-17)16-10-5-2-6-11-16/h9,12H,1-8,10-11H2. The van der Waals surface area contributed by atoms with E-state index in [0.717, 1.165) is 0 Å². The molecule has 0 bridgehead atoms. The maximum atomic E-state index is 4.31. The molecule has 0 N–H and O–H groups in total. The zero-order valence-corrected chi connectivity index (χ0v) is 10.5. The van der Waals surface area contributed by atoms with Crippen molar-refractivity contribution >= 4 is 0 Å². The van der Waals surface area contributed by atoms with Gasteiger partial charge in [0.15, 0.2) is 0 Å². The minimum absolute atomic E-state index is 0.148. The lowest BCUT2D eigenvalue weighted by Crippen LogP contribution is -2.54. The van der Waals surface area contributed by atoms with Gasteiger partial charge in [-0.1, -0.05) is 18.1 Å². The lowest BCUT2D eigenvalue weighted by Gasteiger charge is -2.47. The minimum atomic E-state index is 0.148. The van der Waals surface area contributed by atoms with Crippen molar-refractivity contribution in [1.82, 2.24) is 19.9 Å². The van der Waals surface area contributed by atoms with Crippen LogP contribution in [0.3, 0.4) is 0 Å². The first kappa shape index (κ1) is 11.2. The van der Waals surface area contributed by atoms with E-state index in [9.17, 15) is 0 Å². The smallest absolute Gasteiger partial charge is 0.116 e. The molecule has 1 saturated heterocycles. The third-order valence-corrected chi connectivity index (χ3v) is 4.45. The minimum Gasteiger partial charge on any atom is -0.279 e. The van der Waals surface area contributed by atoms with E-state index >= 15 is 0 Å². The van der Waals surface area contributed by atoms with Crippen LogP contribution in [0.2, 0.25) is 0 Å². The van der Waals surface area contributed by atoms with Gasteiger partial charge in [0.25, 0.3) is 0 Å². The summed E-state index contributed by atoms with van der Waals surface area (Å²) in [6.45, 7) is 2.47. The molecule has 0 amide bonds. The number of piperidine rings is 1. The van der Waals surface area contributed by atoms with Crippen LogP contribution in [-0.4, -0.2) is 33.0 Å². The first-order valence-corrected chi connectivity index (χ1v) is 7.04. The molecule has 2 aliphatic rings. The predicted octanol–water partition coefficient (Wildman–Crippen LogP) is 2.38. The lowest BCUT2D eigenvalue weighted by atomic mass is 9.86. The molecule has 1 aromatic heterocycles.